The van der Waals surface area contributed by atoms with Crippen molar-refractivity contribution in [2.24, 2.45) is 0 Å². The molecule has 0 saturated heterocycles. The minimum absolute atomic E-state index is 0.0340. The molecule has 1 atom stereocenters. The molecule has 1 aromatic carbocycles. The number of hydrogen-bond acceptors (Lipinski definition) is 5. The van der Waals surface area contributed by atoms with E-state index in [2.05, 4.69) is 34.4 Å². The van der Waals surface area contributed by atoms with E-state index in [0.29, 0.717) is 17.6 Å². The van der Waals surface area contributed by atoms with Crippen molar-refractivity contribution < 1.29 is 4.79 Å². The maximum Gasteiger partial charge on any atom is 0.229 e. The van der Waals surface area contributed by atoms with Gasteiger partial charge in [0.15, 0.2) is 5.78 Å². The van der Waals surface area contributed by atoms with E-state index in [-0.39, 0.29) is 5.78 Å². The van der Waals surface area contributed by atoms with Crippen LogP contribution < -0.4 is 10.6 Å². The number of anilines is 3. The van der Waals surface area contributed by atoms with Crippen LogP contribution in [0.15, 0.2) is 36.5 Å². The van der Waals surface area contributed by atoms with Crippen LogP contribution in [0.5, 0.6) is 0 Å². The summed E-state index contributed by atoms with van der Waals surface area (Å²) < 4.78 is 0. The number of carbonyl (C=O) groups excluding carboxylic acids is 1. The average molecular weight is 284 g/mol. The second-order valence-corrected chi connectivity index (χ2v) is 4.98. The Morgan fingerprint density at radius 1 is 1.33 bits per heavy atom. The van der Waals surface area contributed by atoms with Crippen molar-refractivity contribution in [3.8, 4) is 0 Å². The standard InChI is InChI=1S/C16H20N4O/c1-4-11(2)18-15-8-9-17-16(20-15)19-14-7-5-6-13(10-14)12(3)21/h5-11H,4H2,1-3H3,(H2,17,18,19,20). The molecule has 0 fully saturated rings. The molecule has 0 bridgehead atoms. The highest BCUT2D eigenvalue weighted by atomic mass is 16.1. The summed E-state index contributed by atoms with van der Waals surface area (Å²) in [4.78, 5) is 20.0. The van der Waals surface area contributed by atoms with Gasteiger partial charge < -0.3 is 10.6 Å². The minimum atomic E-state index is 0.0340. The topological polar surface area (TPSA) is 66.9 Å². The van der Waals surface area contributed by atoms with Gasteiger partial charge in [-0.1, -0.05) is 19.1 Å². The molecular weight excluding hydrogens is 264 g/mol. The van der Waals surface area contributed by atoms with Crippen LogP contribution in [0.2, 0.25) is 0 Å². The minimum Gasteiger partial charge on any atom is -0.367 e. The fraction of sp³-hybridized carbons (Fsp3) is 0.312. The summed E-state index contributed by atoms with van der Waals surface area (Å²) in [6, 6.07) is 9.48. The number of Topliss-reactive ketones (excluding diaryl/α,β-unsaturated/α-hetero) is 1. The fourth-order valence-corrected chi connectivity index (χ4v) is 1.80. The Morgan fingerprint density at radius 3 is 2.86 bits per heavy atom. The molecule has 5 nitrogen and oxygen atoms in total. The van der Waals surface area contributed by atoms with Crippen LogP contribution in [0.25, 0.3) is 0 Å². The van der Waals surface area contributed by atoms with Crippen LogP contribution in [0.4, 0.5) is 17.5 Å². The van der Waals surface area contributed by atoms with Gasteiger partial charge in [-0.25, -0.2) is 4.98 Å². The lowest BCUT2D eigenvalue weighted by Crippen LogP contribution is -2.15. The van der Waals surface area contributed by atoms with Crippen LogP contribution >= 0.6 is 0 Å². The number of nitrogens with one attached hydrogen (secondary N) is 2. The largest absolute Gasteiger partial charge is 0.367 e. The molecule has 0 radical (unpaired) electrons. The molecule has 2 N–H and O–H groups in total. The van der Waals surface area contributed by atoms with Crippen molar-refractivity contribution in [1.82, 2.24) is 9.97 Å². The van der Waals surface area contributed by atoms with Gasteiger partial charge in [-0.3, -0.25) is 4.79 Å². The van der Waals surface area contributed by atoms with Gasteiger partial charge in [0.25, 0.3) is 0 Å². The number of rotatable bonds is 6. The van der Waals surface area contributed by atoms with Crippen molar-refractivity contribution >= 4 is 23.2 Å². The van der Waals surface area contributed by atoms with Crippen LogP contribution in [-0.2, 0) is 0 Å². The van der Waals surface area contributed by atoms with E-state index < -0.39 is 0 Å². The lowest BCUT2D eigenvalue weighted by Gasteiger charge is -2.13. The van der Waals surface area contributed by atoms with Crippen LogP contribution in [0, 0.1) is 0 Å². The highest BCUT2D eigenvalue weighted by molar-refractivity contribution is 5.95. The third-order valence-electron chi connectivity index (χ3n) is 3.19. The first kappa shape index (κ1) is 15.0. The Labute approximate surface area is 124 Å². The molecule has 0 spiro atoms. The molecule has 1 unspecified atom stereocenters. The molecule has 110 valence electrons. The quantitative estimate of drug-likeness (QED) is 0.793. The van der Waals surface area contributed by atoms with E-state index in [4.69, 9.17) is 0 Å². The lowest BCUT2D eigenvalue weighted by atomic mass is 10.1. The molecule has 1 heterocycles. The second-order valence-electron chi connectivity index (χ2n) is 4.98. The molecule has 2 rings (SSSR count). The fourth-order valence-electron chi connectivity index (χ4n) is 1.80. The van der Waals surface area contributed by atoms with Gasteiger partial charge in [0.2, 0.25) is 5.95 Å². The van der Waals surface area contributed by atoms with Crippen molar-refractivity contribution in [3.05, 3.63) is 42.1 Å². The summed E-state index contributed by atoms with van der Waals surface area (Å²) in [6.45, 7) is 5.77. The maximum absolute atomic E-state index is 11.4. The number of aromatic nitrogens is 2. The van der Waals surface area contributed by atoms with E-state index >= 15 is 0 Å². The molecule has 2 aromatic rings. The number of hydrogen-bond donors (Lipinski definition) is 2. The normalized spacial score (nSPS) is 11.8. The molecule has 21 heavy (non-hydrogen) atoms. The van der Waals surface area contributed by atoms with E-state index in [1.54, 1.807) is 25.3 Å². The number of carbonyl (C=O) groups is 1. The van der Waals surface area contributed by atoms with Gasteiger partial charge in [0.05, 0.1) is 0 Å². The molecular formula is C16H20N4O. The Hall–Kier alpha value is -2.43. The van der Waals surface area contributed by atoms with Gasteiger partial charge in [-0.2, -0.15) is 4.98 Å². The van der Waals surface area contributed by atoms with Gasteiger partial charge in [-0.15, -0.1) is 0 Å². The molecule has 0 aliphatic rings. The first-order valence-corrected chi connectivity index (χ1v) is 7.06. The van der Waals surface area contributed by atoms with Crippen molar-refractivity contribution in [2.45, 2.75) is 33.2 Å². The Morgan fingerprint density at radius 2 is 2.14 bits per heavy atom. The summed E-state index contributed by atoms with van der Waals surface area (Å²) >= 11 is 0. The van der Waals surface area contributed by atoms with E-state index in [1.165, 1.54) is 0 Å². The highest BCUT2D eigenvalue weighted by Crippen LogP contribution is 2.16. The monoisotopic (exact) mass is 284 g/mol. The van der Waals surface area contributed by atoms with Gasteiger partial charge in [0.1, 0.15) is 5.82 Å². The average Bonchev–Trinajstić information content (AvgIpc) is 2.47. The molecule has 5 heteroatoms. The first-order valence-electron chi connectivity index (χ1n) is 7.06. The zero-order valence-corrected chi connectivity index (χ0v) is 12.6. The van der Waals surface area contributed by atoms with Crippen LogP contribution in [0.3, 0.4) is 0 Å². The molecule has 1 aromatic heterocycles. The Bertz CT molecular complexity index is 627. The summed E-state index contributed by atoms with van der Waals surface area (Å²) in [7, 11) is 0. The lowest BCUT2D eigenvalue weighted by molar-refractivity contribution is 0.101. The van der Waals surface area contributed by atoms with Crippen molar-refractivity contribution in [2.75, 3.05) is 10.6 Å². The second kappa shape index (κ2) is 6.83. The van der Waals surface area contributed by atoms with Crippen molar-refractivity contribution in [1.29, 1.82) is 0 Å². The number of ketones is 1. The predicted molar refractivity (Wildman–Crippen MR) is 85.1 cm³/mol. The molecule has 0 amide bonds. The Balaban J connectivity index is 2.14. The van der Waals surface area contributed by atoms with Gasteiger partial charge in [-0.05, 0) is 38.5 Å². The van der Waals surface area contributed by atoms with E-state index in [9.17, 15) is 4.79 Å². The maximum atomic E-state index is 11.4. The first-order chi connectivity index (χ1) is 10.1. The summed E-state index contributed by atoms with van der Waals surface area (Å²) in [5.74, 6) is 1.32. The Kier molecular flexibility index (Phi) is 4.87. The third-order valence-corrected chi connectivity index (χ3v) is 3.19. The summed E-state index contributed by atoms with van der Waals surface area (Å²) in [5.41, 5.74) is 1.46. The molecule has 0 saturated carbocycles. The number of nitrogens with zero attached hydrogens (tertiary/aromatic N) is 2. The van der Waals surface area contributed by atoms with Gasteiger partial charge in [0, 0.05) is 23.5 Å². The number of benzene rings is 1. The van der Waals surface area contributed by atoms with Gasteiger partial charge >= 0.3 is 0 Å². The third kappa shape index (κ3) is 4.27. The predicted octanol–water partition coefficient (Wildman–Crippen LogP) is 3.63. The van der Waals surface area contributed by atoms with Crippen LogP contribution in [0.1, 0.15) is 37.6 Å². The SMILES string of the molecule is CCC(C)Nc1ccnc(Nc2cccc(C(C)=O)c2)n1. The molecule has 0 aliphatic heterocycles. The zero-order valence-electron chi connectivity index (χ0n) is 12.6. The van der Waals surface area contributed by atoms with E-state index in [0.717, 1.165) is 17.9 Å². The zero-order chi connectivity index (χ0) is 15.2. The summed E-state index contributed by atoms with van der Waals surface area (Å²) in [5, 5.41) is 6.42. The summed E-state index contributed by atoms with van der Waals surface area (Å²) in [6.07, 6.45) is 2.72. The van der Waals surface area contributed by atoms with Crippen LogP contribution in [-0.4, -0.2) is 21.8 Å². The molecule has 0 aliphatic carbocycles. The smallest absolute Gasteiger partial charge is 0.229 e. The highest BCUT2D eigenvalue weighted by Gasteiger charge is 2.04. The van der Waals surface area contributed by atoms with E-state index in [1.807, 2.05) is 18.2 Å². The van der Waals surface area contributed by atoms with Crippen molar-refractivity contribution in [3.63, 3.8) is 0 Å².